The summed E-state index contributed by atoms with van der Waals surface area (Å²) in [6.45, 7) is 2.37. The molecule has 0 unspecified atom stereocenters. The van der Waals surface area contributed by atoms with Crippen LogP contribution in [0.1, 0.15) is 17.3 Å². The first kappa shape index (κ1) is 12.8. The van der Waals surface area contributed by atoms with Crippen molar-refractivity contribution in [2.75, 3.05) is 17.7 Å². The van der Waals surface area contributed by atoms with Crippen molar-refractivity contribution in [2.24, 2.45) is 7.05 Å². The molecule has 100 valence electrons. The van der Waals surface area contributed by atoms with Crippen LogP contribution in [0.3, 0.4) is 0 Å². The number of amides is 1. The monoisotopic (exact) mass is 262 g/mol. The van der Waals surface area contributed by atoms with Crippen molar-refractivity contribution in [3.05, 3.63) is 23.8 Å². The van der Waals surface area contributed by atoms with Crippen molar-refractivity contribution >= 4 is 17.5 Å². The largest absolute Gasteiger partial charge is 0.492 e. The second-order valence-electron chi connectivity index (χ2n) is 3.74. The number of ether oxygens (including phenoxy) is 1. The Hall–Kier alpha value is -2.64. The lowest BCUT2D eigenvalue weighted by atomic mass is 10.2. The highest BCUT2D eigenvalue weighted by Gasteiger charge is 2.11. The van der Waals surface area contributed by atoms with Gasteiger partial charge in [-0.2, -0.15) is 4.80 Å². The fraction of sp³-hybridized carbons (Fsp3) is 0.273. The molecule has 3 N–H and O–H groups in total. The maximum absolute atomic E-state index is 11.9. The number of nitrogens with zero attached hydrogens (tertiary/aromatic N) is 4. The number of anilines is 2. The SMILES string of the molecule is CCOc1ccc(C(=O)Nc2nnn(C)n2)cc1N. The molecule has 2 aromatic rings. The van der Waals surface area contributed by atoms with Gasteiger partial charge in [0.1, 0.15) is 5.75 Å². The Morgan fingerprint density at radius 2 is 2.32 bits per heavy atom. The zero-order valence-electron chi connectivity index (χ0n) is 10.6. The molecule has 0 atom stereocenters. The molecule has 19 heavy (non-hydrogen) atoms. The number of rotatable bonds is 4. The molecular weight excluding hydrogens is 248 g/mol. The summed E-state index contributed by atoms with van der Waals surface area (Å²) in [5.41, 5.74) is 6.59. The summed E-state index contributed by atoms with van der Waals surface area (Å²) in [4.78, 5) is 13.2. The lowest BCUT2D eigenvalue weighted by Crippen LogP contribution is -2.13. The lowest BCUT2D eigenvalue weighted by molar-refractivity contribution is 0.102. The fourth-order valence-electron chi connectivity index (χ4n) is 1.48. The van der Waals surface area contributed by atoms with Gasteiger partial charge in [0.25, 0.3) is 11.9 Å². The Morgan fingerprint density at radius 1 is 1.53 bits per heavy atom. The molecule has 8 heteroatoms. The Labute approximate surface area is 109 Å². The number of hydrogen-bond donors (Lipinski definition) is 2. The van der Waals surface area contributed by atoms with Gasteiger partial charge in [0, 0.05) is 5.56 Å². The quantitative estimate of drug-likeness (QED) is 0.774. The van der Waals surface area contributed by atoms with Gasteiger partial charge in [0.05, 0.1) is 19.3 Å². The highest BCUT2D eigenvalue weighted by atomic mass is 16.5. The molecule has 0 fully saturated rings. The van der Waals surface area contributed by atoms with E-state index < -0.39 is 0 Å². The van der Waals surface area contributed by atoms with E-state index in [4.69, 9.17) is 10.5 Å². The van der Waals surface area contributed by atoms with Gasteiger partial charge < -0.3 is 10.5 Å². The molecule has 0 bridgehead atoms. The standard InChI is InChI=1S/C11H14N6O2/c1-3-19-9-5-4-7(6-8(9)12)10(18)13-11-14-16-17(2)15-11/h4-6H,3,12H2,1-2H3,(H,13,15,18). The third-order valence-corrected chi connectivity index (χ3v) is 2.31. The van der Waals surface area contributed by atoms with Crippen LogP contribution in [0.4, 0.5) is 11.6 Å². The zero-order chi connectivity index (χ0) is 13.8. The third-order valence-electron chi connectivity index (χ3n) is 2.31. The molecule has 0 saturated carbocycles. The predicted molar refractivity (Wildman–Crippen MR) is 68.8 cm³/mol. The number of carbonyl (C=O) groups excluding carboxylic acids is 1. The van der Waals surface area contributed by atoms with Crippen molar-refractivity contribution in [3.8, 4) is 5.75 Å². The van der Waals surface area contributed by atoms with Gasteiger partial charge in [0.15, 0.2) is 0 Å². The summed E-state index contributed by atoms with van der Waals surface area (Å²) >= 11 is 0. The van der Waals surface area contributed by atoms with E-state index in [1.54, 1.807) is 19.2 Å². The Kier molecular flexibility index (Phi) is 3.60. The minimum Gasteiger partial charge on any atom is -0.492 e. The first-order valence-corrected chi connectivity index (χ1v) is 5.68. The number of hydrogen-bond acceptors (Lipinski definition) is 6. The van der Waals surface area contributed by atoms with Crippen LogP contribution in [-0.2, 0) is 7.05 Å². The summed E-state index contributed by atoms with van der Waals surface area (Å²) < 4.78 is 5.30. The fourth-order valence-corrected chi connectivity index (χ4v) is 1.48. The second kappa shape index (κ2) is 5.34. The molecule has 1 aromatic heterocycles. The van der Waals surface area contributed by atoms with Crippen molar-refractivity contribution in [2.45, 2.75) is 6.92 Å². The maximum atomic E-state index is 11.9. The van der Waals surface area contributed by atoms with Crippen molar-refractivity contribution in [1.29, 1.82) is 0 Å². The smallest absolute Gasteiger partial charge is 0.270 e. The molecule has 8 nitrogen and oxygen atoms in total. The summed E-state index contributed by atoms with van der Waals surface area (Å²) in [6.07, 6.45) is 0. The van der Waals surface area contributed by atoms with E-state index in [2.05, 4.69) is 20.7 Å². The summed E-state index contributed by atoms with van der Waals surface area (Å²) in [6, 6.07) is 4.81. The molecule has 0 radical (unpaired) electrons. The number of tetrazole rings is 1. The summed E-state index contributed by atoms with van der Waals surface area (Å²) in [5, 5.41) is 13.6. The van der Waals surface area contributed by atoms with Crippen LogP contribution in [0.25, 0.3) is 0 Å². The van der Waals surface area contributed by atoms with Gasteiger partial charge in [-0.1, -0.05) is 5.10 Å². The topological polar surface area (TPSA) is 108 Å². The van der Waals surface area contributed by atoms with Crippen molar-refractivity contribution < 1.29 is 9.53 Å². The van der Waals surface area contributed by atoms with Crippen LogP contribution in [0, 0.1) is 0 Å². The number of aryl methyl sites for hydroxylation is 1. The number of benzene rings is 1. The normalized spacial score (nSPS) is 10.2. The molecular formula is C11H14N6O2. The number of nitrogens with two attached hydrogens (primary N) is 1. The highest BCUT2D eigenvalue weighted by Crippen LogP contribution is 2.22. The first-order chi connectivity index (χ1) is 9.10. The highest BCUT2D eigenvalue weighted by molar-refractivity contribution is 6.04. The van der Waals surface area contributed by atoms with E-state index in [1.165, 1.54) is 10.9 Å². The Morgan fingerprint density at radius 3 is 2.89 bits per heavy atom. The maximum Gasteiger partial charge on any atom is 0.270 e. The van der Waals surface area contributed by atoms with E-state index in [0.29, 0.717) is 23.6 Å². The minimum absolute atomic E-state index is 0.139. The molecule has 0 spiro atoms. The van der Waals surface area contributed by atoms with Crippen LogP contribution in [0.2, 0.25) is 0 Å². The average molecular weight is 262 g/mol. The Balaban J connectivity index is 2.13. The zero-order valence-corrected chi connectivity index (χ0v) is 10.6. The molecule has 0 aliphatic heterocycles. The second-order valence-corrected chi connectivity index (χ2v) is 3.74. The predicted octanol–water partition coefficient (Wildman–Crippen LogP) is 0.443. The number of nitrogen functional groups attached to an aromatic ring is 1. The van der Waals surface area contributed by atoms with E-state index in [-0.39, 0.29) is 11.9 Å². The van der Waals surface area contributed by atoms with Gasteiger partial charge >= 0.3 is 0 Å². The van der Waals surface area contributed by atoms with Crippen LogP contribution < -0.4 is 15.8 Å². The molecule has 1 aromatic carbocycles. The van der Waals surface area contributed by atoms with E-state index in [1.807, 2.05) is 6.92 Å². The number of nitrogens with one attached hydrogen (secondary N) is 1. The third kappa shape index (κ3) is 2.97. The van der Waals surface area contributed by atoms with Crippen molar-refractivity contribution in [1.82, 2.24) is 20.2 Å². The molecule has 0 aliphatic carbocycles. The van der Waals surface area contributed by atoms with Crippen molar-refractivity contribution in [3.63, 3.8) is 0 Å². The van der Waals surface area contributed by atoms with E-state index in [0.717, 1.165) is 0 Å². The summed E-state index contributed by atoms with van der Waals surface area (Å²) in [7, 11) is 1.61. The van der Waals surface area contributed by atoms with Crippen LogP contribution in [0.15, 0.2) is 18.2 Å². The van der Waals surface area contributed by atoms with Gasteiger partial charge in [0.2, 0.25) is 0 Å². The Bertz CT molecular complexity index is 595. The first-order valence-electron chi connectivity index (χ1n) is 5.68. The van der Waals surface area contributed by atoms with Gasteiger partial charge in [-0.05, 0) is 30.3 Å². The molecule has 0 aliphatic rings. The lowest BCUT2D eigenvalue weighted by Gasteiger charge is -2.08. The molecule has 1 heterocycles. The van der Waals surface area contributed by atoms with Gasteiger partial charge in [-0.25, -0.2) is 0 Å². The number of aromatic nitrogens is 4. The summed E-state index contributed by atoms with van der Waals surface area (Å²) in [5.74, 6) is 0.333. The van der Waals surface area contributed by atoms with E-state index in [9.17, 15) is 4.79 Å². The van der Waals surface area contributed by atoms with Crippen LogP contribution in [-0.4, -0.2) is 32.7 Å². The molecule has 2 rings (SSSR count). The van der Waals surface area contributed by atoms with Crippen LogP contribution >= 0.6 is 0 Å². The van der Waals surface area contributed by atoms with Gasteiger partial charge in [-0.3, -0.25) is 10.1 Å². The minimum atomic E-state index is -0.359. The van der Waals surface area contributed by atoms with Gasteiger partial charge in [-0.15, -0.1) is 5.10 Å². The van der Waals surface area contributed by atoms with E-state index >= 15 is 0 Å². The number of carbonyl (C=O) groups is 1. The molecule has 1 amide bonds. The molecule has 0 saturated heterocycles. The average Bonchev–Trinajstić information content (AvgIpc) is 2.77. The van der Waals surface area contributed by atoms with Crippen LogP contribution in [0.5, 0.6) is 5.75 Å².